The third kappa shape index (κ3) is 8.40. The van der Waals surface area contributed by atoms with Gasteiger partial charge < -0.3 is 9.68 Å². The van der Waals surface area contributed by atoms with E-state index < -0.39 is 12.2 Å². The number of hydrogen-bond acceptors (Lipinski definition) is 7. The van der Waals surface area contributed by atoms with Crippen LogP contribution < -0.4 is 11.0 Å². The number of amides is 2. The predicted octanol–water partition coefficient (Wildman–Crippen LogP) is 1.39. The molecule has 0 unspecified atom stereocenters. The van der Waals surface area contributed by atoms with E-state index in [0.29, 0.717) is 9.98 Å². The molecule has 0 aliphatic carbocycles. The van der Waals surface area contributed by atoms with Gasteiger partial charge in [0.1, 0.15) is 9.98 Å². The van der Waals surface area contributed by atoms with Gasteiger partial charge in [-0.15, -0.1) is 0 Å². The highest BCUT2D eigenvalue weighted by molar-refractivity contribution is 7.95. The lowest BCUT2D eigenvalue weighted by Gasteiger charge is -2.21. The maximum Gasteiger partial charge on any atom is 0.445 e. The fraction of sp³-hybridized carbons (Fsp3) is 0.500. The minimum absolute atomic E-state index is 0.306. The van der Waals surface area contributed by atoms with Crippen LogP contribution in [0.2, 0.25) is 0 Å². The summed E-state index contributed by atoms with van der Waals surface area (Å²) in [5.41, 5.74) is 4.46. The third-order valence-corrected chi connectivity index (χ3v) is 2.28. The molecule has 19 heavy (non-hydrogen) atoms. The standard InChI is InChI=1S/C8H14N4O4S3/c1-5(17)9-15-7(13)11(3)19-12(4)8(14)16-10-6(2)18/h1-4H3,(H,9,17)(H,10,18). The number of thiocarbonyl (C=S) groups is 2. The highest BCUT2D eigenvalue weighted by Crippen LogP contribution is 2.13. The van der Waals surface area contributed by atoms with E-state index in [4.69, 9.17) is 0 Å². The predicted molar refractivity (Wildman–Crippen MR) is 78.9 cm³/mol. The first-order valence-corrected chi connectivity index (χ1v) is 6.39. The molecule has 0 rings (SSSR count). The van der Waals surface area contributed by atoms with Crippen molar-refractivity contribution in [3.8, 4) is 0 Å². The summed E-state index contributed by atoms with van der Waals surface area (Å²) >= 11 is 10.1. The van der Waals surface area contributed by atoms with E-state index in [2.05, 4.69) is 45.1 Å². The van der Waals surface area contributed by atoms with Crippen LogP contribution in [0.4, 0.5) is 9.59 Å². The fourth-order valence-electron chi connectivity index (χ4n) is 0.610. The molecule has 2 N–H and O–H groups in total. The Labute approximate surface area is 125 Å². The number of rotatable bonds is 2. The van der Waals surface area contributed by atoms with Gasteiger partial charge in [0.25, 0.3) is 0 Å². The Balaban J connectivity index is 4.12. The van der Waals surface area contributed by atoms with Crippen molar-refractivity contribution in [3.05, 3.63) is 0 Å². The summed E-state index contributed by atoms with van der Waals surface area (Å²) in [6, 6.07) is 0. The lowest BCUT2D eigenvalue weighted by atomic mass is 10.8. The maximum atomic E-state index is 11.4. The normalized spacial score (nSPS) is 9.05. The zero-order chi connectivity index (χ0) is 15.0. The molecule has 0 aromatic carbocycles. The Morgan fingerprint density at radius 2 is 1.26 bits per heavy atom. The third-order valence-electron chi connectivity index (χ3n) is 1.32. The van der Waals surface area contributed by atoms with Crippen molar-refractivity contribution < 1.29 is 19.3 Å². The number of nitrogens with one attached hydrogen (secondary N) is 2. The van der Waals surface area contributed by atoms with Crippen LogP contribution in [-0.2, 0) is 9.68 Å². The van der Waals surface area contributed by atoms with Gasteiger partial charge >= 0.3 is 12.2 Å². The average Bonchev–Trinajstić information content (AvgIpc) is 2.32. The van der Waals surface area contributed by atoms with Crippen molar-refractivity contribution in [2.24, 2.45) is 0 Å². The van der Waals surface area contributed by atoms with Crippen molar-refractivity contribution >= 4 is 58.7 Å². The second-order valence-corrected chi connectivity index (χ2v) is 5.61. The van der Waals surface area contributed by atoms with Gasteiger partial charge in [-0.05, 0) is 13.8 Å². The number of carbonyl (C=O) groups is 2. The molecule has 0 aliphatic rings. The second kappa shape index (κ2) is 8.72. The van der Waals surface area contributed by atoms with Crippen LogP contribution in [0.3, 0.4) is 0 Å². The topological polar surface area (TPSA) is 83.1 Å². The zero-order valence-corrected chi connectivity index (χ0v) is 13.2. The van der Waals surface area contributed by atoms with Gasteiger partial charge in [-0.2, -0.15) is 0 Å². The van der Waals surface area contributed by atoms with Crippen LogP contribution in [-0.4, -0.2) is 44.9 Å². The Bertz CT molecular complexity index is 345. The Hall–Kier alpha value is -1.33. The largest absolute Gasteiger partial charge is 0.445 e. The summed E-state index contributed by atoms with van der Waals surface area (Å²) in [6.07, 6.45) is -1.46. The summed E-state index contributed by atoms with van der Waals surface area (Å²) in [5.74, 6) is 0. The van der Waals surface area contributed by atoms with E-state index in [1.54, 1.807) is 13.8 Å². The second-order valence-electron chi connectivity index (χ2n) is 3.13. The molecular weight excluding hydrogens is 312 g/mol. The van der Waals surface area contributed by atoms with Crippen LogP contribution in [0.25, 0.3) is 0 Å². The molecule has 0 saturated carbocycles. The molecule has 0 radical (unpaired) electrons. The molecule has 108 valence electrons. The van der Waals surface area contributed by atoms with Crippen LogP contribution in [0.5, 0.6) is 0 Å². The van der Waals surface area contributed by atoms with Gasteiger partial charge in [-0.25, -0.2) is 29.2 Å². The molecule has 0 aromatic heterocycles. The monoisotopic (exact) mass is 326 g/mol. The van der Waals surface area contributed by atoms with Gasteiger partial charge in [0, 0.05) is 14.1 Å². The Kier molecular flexibility index (Phi) is 8.11. The van der Waals surface area contributed by atoms with Crippen LogP contribution in [0.15, 0.2) is 0 Å². The molecule has 0 aromatic rings. The number of nitrogens with zero attached hydrogens (tertiary/aromatic N) is 2. The van der Waals surface area contributed by atoms with Crippen LogP contribution in [0.1, 0.15) is 13.8 Å². The molecule has 0 saturated heterocycles. The molecule has 0 fully saturated rings. The van der Waals surface area contributed by atoms with E-state index in [1.165, 1.54) is 14.1 Å². The van der Waals surface area contributed by atoms with Gasteiger partial charge in [-0.3, -0.25) is 0 Å². The summed E-state index contributed by atoms with van der Waals surface area (Å²) in [5, 5.41) is 0. The molecule has 0 bridgehead atoms. The van der Waals surface area contributed by atoms with E-state index in [0.717, 1.165) is 20.7 Å². The molecule has 0 atom stereocenters. The smallest absolute Gasteiger partial charge is 0.323 e. The van der Waals surface area contributed by atoms with Crippen molar-refractivity contribution in [2.45, 2.75) is 13.8 Å². The molecule has 0 aliphatic heterocycles. The van der Waals surface area contributed by atoms with E-state index >= 15 is 0 Å². The molecule has 0 heterocycles. The van der Waals surface area contributed by atoms with E-state index in [1.807, 2.05) is 0 Å². The SMILES string of the molecule is CC(=S)NOC(=O)N(C)SN(C)C(=O)ONC(C)=S. The molecule has 0 spiro atoms. The average molecular weight is 326 g/mol. The molecule has 2 amide bonds. The molecular formula is C8H14N4O4S3. The van der Waals surface area contributed by atoms with E-state index in [9.17, 15) is 9.59 Å². The van der Waals surface area contributed by atoms with Crippen molar-refractivity contribution in [1.29, 1.82) is 0 Å². The van der Waals surface area contributed by atoms with Crippen molar-refractivity contribution in [1.82, 2.24) is 19.6 Å². The van der Waals surface area contributed by atoms with Gasteiger partial charge in [0.15, 0.2) is 0 Å². The van der Waals surface area contributed by atoms with Crippen LogP contribution in [0, 0.1) is 0 Å². The fourth-order valence-corrected chi connectivity index (χ4v) is 1.27. The zero-order valence-electron chi connectivity index (χ0n) is 10.8. The summed E-state index contributed by atoms with van der Waals surface area (Å²) in [6.45, 7) is 3.11. The summed E-state index contributed by atoms with van der Waals surface area (Å²) < 4.78 is 2.13. The number of hydroxylamine groups is 2. The first-order chi connectivity index (χ1) is 8.73. The van der Waals surface area contributed by atoms with Gasteiger partial charge in [0.2, 0.25) is 0 Å². The highest BCUT2D eigenvalue weighted by Gasteiger charge is 2.19. The van der Waals surface area contributed by atoms with Crippen molar-refractivity contribution in [2.75, 3.05) is 14.1 Å². The van der Waals surface area contributed by atoms with Gasteiger partial charge in [-0.1, -0.05) is 24.4 Å². The number of hydrogen-bond donors (Lipinski definition) is 2. The summed E-state index contributed by atoms with van der Waals surface area (Å²) in [7, 11) is 2.82. The minimum Gasteiger partial charge on any atom is -0.323 e. The van der Waals surface area contributed by atoms with Crippen LogP contribution >= 0.6 is 36.6 Å². The Morgan fingerprint density at radius 1 is 0.947 bits per heavy atom. The molecule has 11 heteroatoms. The Morgan fingerprint density at radius 3 is 1.53 bits per heavy atom. The number of carbonyl (C=O) groups excluding carboxylic acids is 2. The summed E-state index contributed by atoms with van der Waals surface area (Å²) in [4.78, 5) is 32.7. The van der Waals surface area contributed by atoms with E-state index in [-0.39, 0.29) is 0 Å². The molecule has 8 nitrogen and oxygen atoms in total. The lowest BCUT2D eigenvalue weighted by Crippen LogP contribution is -2.35. The quantitative estimate of drug-likeness (QED) is 0.444. The first-order valence-electron chi connectivity index (χ1n) is 4.84. The minimum atomic E-state index is -0.729. The lowest BCUT2D eigenvalue weighted by molar-refractivity contribution is 0.102. The van der Waals surface area contributed by atoms with Gasteiger partial charge in [0.05, 0.1) is 12.1 Å². The van der Waals surface area contributed by atoms with Crippen molar-refractivity contribution in [3.63, 3.8) is 0 Å². The maximum absolute atomic E-state index is 11.4. The first kappa shape index (κ1) is 17.7. The highest BCUT2D eigenvalue weighted by atomic mass is 32.2.